The first kappa shape index (κ1) is 14.9. The van der Waals surface area contributed by atoms with E-state index >= 15 is 0 Å². The fourth-order valence-corrected chi connectivity index (χ4v) is 2.69. The van der Waals surface area contributed by atoms with Gasteiger partial charge in [0.2, 0.25) is 0 Å². The van der Waals surface area contributed by atoms with Crippen LogP contribution in [0.5, 0.6) is 0 Å². The molecule has 1 unspecified atom stereocenters. The van der Waals surface area contributed by atoms with Crippen LogP contribution in [0.3, 0.4) is 0 Å². The minimum atomic E-state index is 0.559. The molecule has 0 aromatic heterocycles. The van der Waals surface area contributed by atoms with Crippen molar-refractivity contribution in [2.45, 2.75) is 39.5 Å². The molecule has 1 fully saturated rings. The SMILES string of the molecule is COCCNCCCNCC1CCCC1(C)C. The molecular formula is C14H30N2O. The van der Waals surface area contributed by atoms with E-state index < -0.39 is 0 Å². The molecule has 0 bridgehead atoms. The van der Waals surface area contributed by atoms with E-state index in [1.54, 1.807) is 7.11 Å². The topological polar surface area (TPSA) is 33.3 Å². The first-order chi connectivity index (χ1) is 8.17. The van der Waals surface area contributed by atoms with Gasteiger partial charge in [0, 0.05) is 13.7 Å². The van der Waals surface area contributed by atoms with Crippen LogP contribution in [0.1, 0.15) is 39.5 Å². The van der Waals surface area contributed by atoms with E-state index in [0.717, 1.165) is 32.2 Å². The van der Waals surface area contributed by atoms with E-state index in [-0.39, 0.29) is 0 Å². The minimum absolute atomic E-state index is 0.559. The molecule has 1 rings (SSSR count). The van der Waals surface area contributed by atoms with Crippen molar-refractivity contribution >= 4 is 0 Å². The van der Waals surface area contributed by atoms with Crippen LogP contribution in [0.15, 0.2) is 0 Å². The lowest BCUT2D eigenvalue weighted by atomic mass is 9.82. The highest BCUT2D eigenvalue weighted by Crippen LogP contribution is 2.41. The summed E-state index contributed by atoms with van der Waals surface area (Å²) in [7, 11) is 1.74. The second-order valence-corrected chi connectivity index (χ2v) is 5.88. The number of nitrogens with one attached hydrogen (secondary N) is 2. The van der Waals surface area contributed by atoms with E-state index in [9.17, 15) is 0 Å². The summed E-state index contributed by atoms with van der Waals surface area (Å²) in [6.07, 6.45) is 5.43. The second-order valence-electron chi connectivity index (χ2n) is 5.88. The molecule has 1 aliphatic carbocycles. The van der Waals surface area contributed by atoms with E-state index in [1.807, 2.05) is 0 Å². The molecule has 1 aliphatic rings. The summed E-state index contributed by atoms with van der Waals surface area (Å²) in [6, 6.07) is 0. The summed E-state index contributed by atoms with van der Waals surface area (Å²) < 4.78 is 4.98. The first-order valence-corrected chi connectivity index (χ1v) is 7.07. The van der Waals surface area contributed by atoms with Gasteiger partial charge in [-0.15, -0.1) is 0 Å². The Morgan fingerprint density at radius 2 is 1.94 bits per heavy atom. The van der Waals surface area contributed by atoms with Crippen molar-refractivity contribution in [3.63, 3.8) is 0 Å². The lowest BCUT2D eigenvalue weighted by molar-refractivity contribution is 0.199. The number of hydrogen-bond donors (Lipinski definition) is 2. The Labute approximate surface area is 107 Å². The van der Waals surface area contributed by atoms with E-state index in [2.05, 4.69) is 24.5 Å². The smallest absolute Gasteiger partial charge is 0.0587 e. The van der Waals surface area contributed by atoms with Crippen LogP contribution in [-0.2, 0) is 4.74 Å². The Bertz CT molecular complexity index is 195. The molecule has 1 atom stereocenters. The predicted octanol–water partition coefficient (Wildman–Crippen LogP) is 2.03. The van der Waals surface area contributed by atoms with Crippen molar-refractivity contribution in [1.82, 2.24) is 10.6 Å². The van der Waals surface area contributed by atoms with Gasteiger partial charge in [0.15, 0.2) is 0 Å². The third-order valence-corrected chi connectivity index (χ3v) is 4.06. The summed E-state index contributed by atoms with van der Waals surface area (Å²) in [5.41, 5.74) is 0.559. The van der Waals surface area contributed by atoms with Gasteiger partial charge in [-0.1, -0.05) is 20.3 Å². The molecule has 3 heteroatoms. The van der Waals surface area contributed by atoms with Crippen LogP contribution in [0.25, 0.3) is 0 Å². The van der Waals surface area contributed by atoms with Crippen LogP contribution >= 0.6 is 0 Å². The molecule has 1 saturated carbocycles. The summed E-state index contributed by atoms with van der Waals surface area (Å²) in [5, 5.41) is 6.97. The van der Waals surface area contributed by atoms with Gasteiger partial charge in [-0.3, -0.25) is 0 Å². The summed E-state index contributed by atoms with van der Waals surface area (Å²) >= 11 is 0. The Kier molecular flexibility index (Phi) is 7.09. The van der Waals surface area contributed by atoms with Crippen LogP contribution in [-0.4, -0.2) is 39.9 Å². The molecule has 0 radical (unpaired) electrons. The van der Waals surface area contributed by atoms with Gasteiger partial charge in [-0.2, -0.15) is 0 Å². The normalized spacial score (nSPS) is 23.1. The van der Waals surface area contributed by atoms with Crippen LogP contribution in [0.4, 0.5) is 0 Å². The Hall–Kier alpha value is -0.120. The van der Waals surface area contributed by atoms with Crippen LogP contribution in [0, 0.1) is 11.3 Å². The third kappa shape index (κ3) is 5.84. The van der Waals surface area contributed by atoms with Gasteiger partial charge in [-0.25, -0.2) is 0 Å². The molecule has 2 N–H and O–H groups in total. The first-order valence-electron chi connectivity index (χ1n) is 7.07. The molecule has 0 aliphatic heterocycles. The highest BCUT2D eigenvalue weighted by molar-refractivity contribution is 4.85. The van der Waals surface area contributed by atoms with Gasteiger partial charge < -0.3 is 15.4 Å². The Morgan fingerprint density at radius 1 is 1.18 bits per heavy atom. The maximum absolute atomic E-state index is 4.98. The largest absolute Gasteiger partial charge is 0.383 e. The molecular weight excluding hydrogens is 212 g/mol. The second kappa shape index (κ2) is 8.06. The van der Waals surface area contributed by atoms with Crippen molar-refractivity contribution in [1.29, 1.82) is 0 Å². The molecule has 102 valence electrons. The maximum Gasteiger partial charge on any atom is 0.0587 e. The van der Waals surface area contributed by atoms with Crippen LogP contribution < -0.4 is 10.6 Å². The average molecular weight is 242 g/mol. The van der Waals surface area contributed by atoms with Crippen molar-refractivity contribution in [3.8, 4) is 0 Å². The monoisotopic (exact) mass is 242 g/mol. The summed E-state index contributed by atoms with van der Waals surface area (Å²) in [5.74, 6) is 0.879. The average Bonchev–Trinajstić information content (AvgIpc) is 2.62. The summed E-state index contributed by atoms with van der Waals surface area (Å²) in [4.78, 5) is 0. The minimum Gasteiger partial charge on any atom is -0.383 e. The zero-order valence-electron chi connectivity index (χ0n) is 11.8. The lowest BCUT2D eigenvalue weighted by Gasteiger charge is -2.27. The van der Waals surface area contributed by atoms with Gasteiger partial charge in [0.05, 0.1) is 6.61 Å². The third-order valence-electron chi connectivity index (χ3n) is 4.06. The molecule has 0 amide bonds. The van der Waals surface area contributed by atoms with Gasteiger partial charge in [-0.05, 0) is 50.2 Å². The quantitative estimate of drug-likeness (QED) is 0.607. The molecule has 0 saturated heterocycles. The Morgan fingerprint density at radius 3 is 2.59 bits per heavy atom. The van der Waals surface area contributed by atoms with E-state index in [4.69, 9.17) is 4.74 Å². The van der Waals surface area contributed by atoms with Gasteiger partial charge >= 0.3 is 0 Å². The van der Waals surface area contributed by atoms with Gasteiger partial charge in [0.25, 0.3) is 0 Å². The zero-order chi connectivity index (χ0) is 12.6. The van der Waals surface area contributed by atoms with E-state index in [0.29, 0.717) is 5.41 Å². The fraction of sp³-hybridized carbons (Fsp3) is 1.00. The van der Waals surface area contributed by atoms with Crippen molar-refractivity contribution in [3.05, 3.63) is 0 Å². The van der Waals surface area contributed by atoms with Crippen molar-refractivity contribution in [2.75, 3.05) is 39.9 Å². The molecule has 0 aromatic carbocycles. The highest BCUT2D eigenvalue weighted by atomic mass is 16.5. The molecule has 0 heterocycles. The standard InChI is InChI=1S/C14H30N2O/c1-14(2)7-4-6-13(14)12-16-9-5-8-15-10-11-17-3/h13,15-16H,4-12H2,1-3H3. The lowest BCUT2D eigenvalue weighted by Crippen LogP contribution is -2.31. The van der Waals surface area contributed by atoms with Crippen molar-refractivity contribution in [2.24, 2.45) is 11.3 Å². The number of methoxy groups -OCH3 is 1. The molecule has 3 nitrogen and oxygen atoms in total. The fourth-order valence-electron chi connectivity index (χ4n) is 2.69. The summed E-state index contributed by atoms with van der Waals surface area (Å²) in [6.45, 7) is 10.0. The number of rotatable bonds is 9. The van der Waals surface area contributed by atoms with E-state index in [1.165, 1.54) is 32.2 Å². The molecule has 17 heavy (non-hydrogen) atoms. The number of hydrogen-bond acceptors (Lipinski definition) is 3. The zero-order valence-corrected chi connectivity index (χ0v) is 11.8. The Balaban J connectivity index is 1.90. The molecule has 0 aromatic rings. The predicted molar refractivity (Wildman–Crippen MR) is 73.4 cm³/mol. The maximum atomic E-state index is 4.98. The number of ether oxygens (including phenoxy) is 1. The van der Waals surface area contributed by atoms with Gasteiger partial charge in [0.1, 0.15) is 0 Å². The highest BCUT2D eigenvalue weighted by Gasteiger charge is 2.33. The van der Waals surface area contributed by atoms with Crippen molar-refractivity contribution < 1.29 is 4.74 Å². The molecule has 0 spiro atoms. The van der Waals surface area contributed by atoms with Crippen LogP contribution in [0.2, 0.25) is 0 Å².